The summed E-state index contributed by atoms with van der Waals surface area (Å²) in [5.41, 5.74) is 0. The van der Waals surface area contributed by atoms with Crippen molar-refractivity contribution in [3.8, 4) is 5.88 Å². The molecule has 2 rings (SSSR count). The van der Waals surface area contributed by atoms with Crippen LogP contribution in [-0.4, -0.2) is 59.6 Å². The molecular weight excluding hydrogens is 258 g/mol. The molecule has 7 heteroatoms. The molecule has 0 bridgehead atoms. The number of amides is 1. The number of nitrogens with one attached hydrogen (secondary N) is 2. The minimum atomic E-state index is 0.0558. The maximum absolute atomic E-state index is 12.0. The van der Waals surface area contributed by atoms with Crippen LogP contribution >= 0.6 is 0 Å². The molecule has 0 aliphatic carbocycles. The Labute approximate surface area is 118 Å². The molecule has 110 valence electrons. The Morgan fingerprint density at radius 3 is 2.90 bits per heavy atom. The quantitative estimate of drug-likeness (QED) is 0.796. The van der Waals surface area contributed by atoms with Gasteiger partial charge in [0.1, 0.15) is 12.1 Å². The van der Waals surface area contributed by atoms with E-state index >= 15 is 0 Å². The van der Waals surface area contributed by atoms with Crippen molar-refractivity contribution in [3.05, 3.63) is 12.4 Å². The van der Waals surface area contributed by atoms with Gasteiger partial charge in [-0.3, -0.25) is 4.79 Å². The summed E-state index contributed by atoms with van der Waals surface area (Å²) in [5, 5.41) is 6.23. The molecule has 1 aliphatic rings. The summed E-state index contributed by atoms with van der Waals surface area (Å²) >= 11 is 0. The zero-order chi connectivity index (χ0) is 14.4. The summed E-state index contributed by atoms with van der Waals surface area (Å²) in [5.74, 6) is 1.18. The molecule has 2 N–H and O–H groups in total. The van der Waals surface area contributed by atoms with Gasteiger partial charge in [0.05, 0.1) is 12.6 Å². The Morgan fingerprint density at radius 2 is 2.20 bits per heavy atom. The largest absolute Gasteiger partial charge is 0.475 e. The minimum absolute atomic E-state index is 0.0558. The molecule has 0 saturated carbocycles. The average Bonchev–Trinajstić information content (AvgIpc) is 2.45. The Morgan fingerprint density at radius 1 is 1.45 bits per heavy atom. The van der Waals surface area contributed by atoms with E-state index in [0.717, 1.165) is 26.2 Å². The highest BCUT2D eigenvalue weighted by Gasteiger charge is 2.15. The first-order valence-corrected chi connectivity index (χ1v) is 6.86. The lowest BCUT2D eigenvalue weighted by molar-refractivity contribution is -0.129. The van der Waals surface area contributed by atoms with Gasteiger partial charge in [-0.25, -0.2) is 9.97 Å². The van der Waals surface area contributed by atoms with Crippen LogP contribution < -0.4 is 15.4 Å². The van der Waals surface area contributed by atoms with Gasteiger partial charge in [-0.15, -0.1) is 0 Å². The molecular formula is C13H21N5O2. The van der Waals surface area contributed by atoms with Crippen molar-refractivity contribution < 1.29 is 9.53 Å². The van der Waals surface area contributed by atoms with Crippen LogP contribution in [0.4, 0.5) is 5.82 Å². The third-order valence-corrected chi connectivity index (χ3v) is 2.89. The molecule has 1 aromatic rings. The second-order valence-electron chi connectivity index (χ2n) is 4.89. The number of nitrogens with zero attached hydrogens (tertiary/aromatic N) is 3. The first-order valence-electron chi connectivity index (χ1n) is 6.86. The fourth-order valence-electron chi connectivity index (χ4n) is 1.93. The highest BCUT2D eigenvalue weighted by molar-refractivity contribution is 5.80. The number of hydrogen-bond donors (Lipinski definition) is 2. The lowest BCUT2D eigenvalue weighted by atomic mass is 10.3. The van der Waals surface area contributed by atoms with Gasteiger partial charge in [0.2, 0.25) is 11.8 Å². The Bertz CT molecular complexity index is 446. The number of piperazine rings is 1. The van der Waals surface area contributed by atoms with Gasteiger partial charge in [0.25, 0.3) is 0 Å². The van der Waals surface area contributed by atoms with Crippen molar-refractivity contribution in [1.82, 2.24) is 20.2 Å². The highest BCUT2D eigenvalue weighted by Crippen LogP contribution is 2.12. The van der Waals surface area contributed by atoms with E-state index in [1.807, 2.05) is 18.7 Å². The van der Waals surface area contributed by atoms with Crippen LogP contribution in [0.25, 0.3) is 0 Å². The number of carbonyl (C=O) groups is 1. The SMILES string of the molecule is CC(C)Oc1cc(NCC(=O)N2CCNCC2)ncn1. The molecule has 0 radical (unpaired) electrons. The van der Waals surface area contributed by atoms with Gasteiger partial charge in [-0.2, -0.15) is 0 Å². The van der Waals surface area contributed by atoms with Gasteiger partial charge in [-0.05, 0) is 13.8 Å². The van der Waals surface area contributed by atoms with Gasteiger partial charge in [-0.1, -0.05) is 0 Å². The number of aromatic nitrogens is 2. The molecule has 20 heavy (non-hydrogen) atoms. The minimum Gasteiger partial charge on any atom is -0.475 e. The first-order chi connectivity index (χ1) is 9.65. The number of rotatable bonds is 5. The molecule has 0 spiro atoms. The maximum Gasteiger partial charge on any atom is 0.242 e. The zero-order valence-corrected chi connectivity index (χ0v) is 11.9. The Hall–Kier alpha value is -1.89. The predicted molar refractivity (Wildman–Crippen MR) is 75.7 cm³/mol. The van der Waals surface area contributed by atoms with Gasteiger partial charge in [0.15, 0.2) is 0 Å². The van der Waals surface area contributed by atoms with Crippen LogP contribution in [0.3, 0.4) is 0 Å². The molecule has 1 aromatic heterocycles. The molecule has 2 heterocycles. The molecule has 0 unspecified atom stereocenters. The third kappa shape index (κ3) is 4.34. The van der Waals surface area contributed by atoms with E-state index in [1.54, 1.807) is 6.07 Å². The standard InChI is InChI=1S/C13H21N5O2/c1-10(2)20-12-7-11(16-9-17-12)15-8-13(19)18-5-3-14-4-6-18/h7,9-10,14H,3-6,8H2,1-2H3,(H,15,16,17). The summed E-state index contributed by atoms with van der Waals surface area (Å²) < 4.78 is 5.48. The van der Waals surface area contributed by atoms with Crippen molar-refractivity contribution in [2.75, 3.05) is 38.0 Å². The van der Waals surface area contributed by atoms with Crippen LogP contribution in [-0.2, 0) is 4.79 Å². The second-order valence-corrected chi connectivity index (χ2v) is 4.89. The Kier molecular flexibility index (Phi) is 5.11. The van der Waals surface area contributed by atoms with Crippen molar-refractivity contribution in [2.24, 2.45) is 0 Å². The van der Waals surface area contributed by atoms with E-state index in [9.17, 15) is 4.79 Å². The molecule has 0 aromatic carbocycles. The summed E-state index contributed by atoms with van der Waals surface area (Å²) in [6, 6.07) is 1.70. The summed E-state index contributed by atoms with van der Waals surface area (Å²) in [7, 11) is 0. The lowest BCUT2D eigenvalue weighted by Gasteiger charge is -2.27. The number of carbonyl (C=O) groups excluding carboxylic acids is 1. The molecule has 0 atom stereocenters. The average molecular weight is 279 g/mol. The smallest absolute Gasteiger partial charge is 0.242 e. The van der Waals surface area contributed by atoms with Crippen LogP contribution in [0.5, 0.6) is 5.88 Å². The highest BCUT2D eigenvalue weighted by atomic mass is 16.5. The second kappa shape index (κ2) is 7.04. The third-order valence-electron chi connectivity index (χ3n) is 2.89. The van der Waals surface area contributed by atoms with E-state index in [4.69, 9.17) is 4.74 Å². The summed E-state index contributed by atoms with van der Waals surface area (Å²) in [6.07, 6.45) is 1.48. The predicted octanol–water partition coefficient (Wildman–Crippen LogP) is 0.108. The van der Waals surface area contributed by atoms with Gasteiger partial charge < -0.3 is 20.3 Å². The molecule has 1 amide bonds. The van der Waals surface area contributed by atoms with Crippen molar-refractivity contribution in [1.29, 1.82) is 0 Å². The molecule has 1 saturated heterocycles. The van der Waals surface area contributed by atoms with E-state index in [1.165, 1.54) is 6.33 Å². The van der Waals surface area contributed by atoms with Crippen LogP contribution in [0.2, 0.25) is 0 Å². The number of anilines is 1. The zero-order valence-electron chi connectivity index (χ0n) is 11.9. The van der Waals surface area contributed by atoms with Crippen molar-refractivity contribution in [2.45, 2.75) is 20.0 Å². The van der Waals surface area contributed by atoms with Gasteiger partial charge in [0, 0.05) is 32.2 Å². The first kappa shape index (κ1) is 14.5. The Balaban J connectivity index is 1.85. The van der Waals surface area contributed by atoms with Crippen LogP contribution in [0.15, 0.2) is 12.4 Å². The topological polar surface area (TPSA) is 79.4 Å². The lowest BCUT2D eigenvalue weighted by Crippen LogP contribution is -2.48. The van der Waals surface area contributed by atoms with E-state index < -0.39 is 0 Å². The fourth-order valence-corrected chi connectivity index (χ4v) is 1.93. The number of ether oxygens (including phenoxy) is 1. The van der Waals surface area contributed by atoms with Crippen molar-refractivity contribution in [3.63, 3.8) is 0 Å². The van der Waals surface area contributed by atoms with E-state index in [-0.39, 0.29) is 18.6 Å². The molecule has 7 nitrogen and oxygen atoms in total. The molecule has 1 fully saturated rings. The van der Waals surface area contributed by atoms with Crippen LogP contribution in [0.1, 0.15) is 13.8 Å². The summed E-state index contributed by atoms with van der Waals surface area (Å²) in [4.78, 5) is 21.9. The van der Waals surface area contributed by atoms with E-state index in [0.29, 0.717) is 11.7 Å². The summed E-state index contributed by atoms with van der Waals surface area (Å²) in [6.45, 7) is 7.32. The fraction of sp³-hybridized carbons (Fsp3) is 0.615. The maximum atomic E-state index is 12.0. The normalized spacial score (nSPS) is 15.2. The van der Waals surface area contributed by atoms with E-state index in [2.05, 4.69) is 20.6 Å². The van der Waals surface area contributed by atoms with Crippen LogP contribution in [0, 0.1) is 0 Å². The van der Waals surface area contributed by atoms with Gasteiger partial charge >= 0.3 is 0 Å². The monoisotopic (exact) mass is 279 g/mol. The number of hydrogen-bond acceptors (Lipinski definition) is 6. The molecule has 1 aliphatic heterocycles. The van der Waals surface area contributed by atoms with Crippen molar-refractivity contribution >= 4 is 11.7 Å².